The van der Waals surface area contributed by atoms with Crippen molar-refractivity contribution in [1.82, 2.24) is 4.90 Å². The van der Waals surface area contributed by atoms with Gasteiger partial charge in [-0.25, -0.2) is 0 Å². The molecule has 2 atom stereocenters. The van der Waals surface area contributed by atoms with Gasteiger partial charge in [0.1, 0.15) is 13.2 Å². The molecule has 4 nitrogen and oxygen atoms in total. The highest BCUT2D eigenvalue weighted by molar-refractivity contribution is 6.32. The van der Waals surface area contributed by atoms with E-state index in [0.717, 1.165) is 30.7 Å². The first kappa shape index (κ1) is 14.9. The summed E-state index contributed by atoms with van der Waals surface area (Å²) in [7, 11) is 0. The van der Waals surface area contributed by atoms with Crippen LogP contribution in [0.5, 0.6) is 11.5 Å². The van der Waals surface area contributed by atoms with Crippen molar-refractivity contribution in [1.29, 1.82) is 0 Å². The van der Waals surface area contributed by atoms with Crippen LogP contribution < -0.4 is 15.2 Å². The molecule has 0 bridgehead atoms. The van der Waals surface area contributed by atoms with E-state index in [1.807, 2.05) is 12.1 Å². The van der Waals surface area contributed by atoms with Gasteiger partial charge in [-0.1, -0.05) is 11.6 Å². The van der Waals surface area contributed by atoms with Crippen LogP contribution in [0.2, 0.25) is 5.02 Å². The monoisotopic (exact) mass is 310 g/mol. The molecule has 0 radical (unpaired) electrons. The minimum Gasteiger partial charge on any atom is -0.486 e. The lowest BCUT2D eigenvalue weighted by atomic mass is 9.89. The molecule has 1 saturated heterocycles. The zero-order chi connectivity index (χ0) is 15.0. The molecule has 21 heavy (non-hydrogen) atoms. The van der Waals surface area contributed by atoms with E-state index in [-0.39, 0.29) is 12.1 Å². The number of fused-ring (bicyclic) bond motifs is 1. The molecule has 2 heterocycles. The number of likely N-dealkylation sites (tertiary alicyclic amines) is 1. The average molecular weight is 311 g/mol. The van der Waals surface area contributed by atoms with Crippen LogP contribution in [0.3, 0.4) is 0 Å². The largest absolute Gasteiger partial charge is 0.486 e. The number of hydrogen-bond acceptors (Lipinski definition) is 4. The summed E-state index contributed by atoms with van der Waals surface area (Å²) in [5, 5.41) is 0.615. The van der Waals surface area contributed by atoms with Crippen molar-refractivity contribution < 1.29 is 9.47 Å². The Balaban J connectivity index is 1.99. The van der Waals surface area contributed by atoms with Gasteiger partial charge in [-0.3, -0.25) is 4.90 Å². The zero-order valence-corrected chi connectivity index (χ0v) is 13.4. The van der Waals surface area contributed by atoms with Gasteiger partial charge in [0.15, 0.2) is 11.5 Å². The standard InChI is InChI=1S/C16H23ClN2O2/c1-10(2)19-5-3-4-13(18)15(19)11-8-12(17)16-14(9-11)20-6-7-21-16/h8-10,13,15H,3-7,18H2,1-2H3. The zero-order valence-electron chi connectivity index (χ0n) is 12.6. The van der Waals surface area contributed by atoms with Gasteiger partial charge in [0.2, 0.25) is 0 Å². The lowest BCUT2D eigenvalue weighted by Gasteiger charge is -2.42. The molecule has 0 spiro atoms. The second-order valence-electron chi connectivity index (χ2n) is 6.11. The van der Waals surface area contributed by atoms with Crippen LogP contribution >= 0.6 is 11.6 Å². The van der Waals surface area contributed by atoms with Crippen LogP contribution in [0.15, 0.2) is 12.1 Å². The summed E-state index contributed by atoms with van der Waals surface area (Å²) in [5.41, 5.74) is 7.54. The molecule has 1 aromatic carbocycles. The second kappa shape index (κ2) is 6.03. The van der Waals surface area contributed by atoms with Crippen LogP contribution in [0.25, 0.3) is 0 Å². The maximum absolute atomic E-state index is 6.41. The number of halogens is 1. The van der Waals surface area contributed by atoms with Crippen molar-refractivity contribution in [3.05, 3.63) is 22.7 Å². The van der Waals surface area contributed by atoms with E-state index in [0.29, 0.717) is 30.0 Å². The molecule has 0 amide bonds. The summed E-state index contributed by atoms with van der Waals surface area (Å²) in [6, 6.07) is 4.80. The molecular weight excluding hydrogens is 288 g/mol. The van der Waals surface area contributed by atoms with Gasteiger partial charge in [0.25, 0.3) is 0 Å². The first-order valence-electron chi connectivity index (χ1n) is 7.68. The molecule has 1 fully saturated rings. The van der Waals surface area contributed by atoms with E-state index < -0.39 is 0 Å². The molecule has 0 aromatic heterocycles. The molecule has 2 N–H and O–H groups in total. The number of benzene rings is 1. The Morgan fingerprint density at radius 2 is 2.05 bits per heavy atom. The summed E-state index contributed by atoms with van der Waals surface area (Å²) in [6.45, 7) is 6.61. The molecule has 116 valence electrons. The Kier molecular flexibility index (Phi) is 4.29. The van der Waals surface area contributed by atoms with Crippen LogP contribution in [0.4, 0.5) is 0 Å². The van der Waals surface area contributed by atoms with E-state index >= 15 is 0 Å². The Bertz CT molecular complexity index is 521. The predicted molar refractivity (Wildman–Crippen MR) is 84.2 cm³/mol. The Morgan fingerprint density at radius 1 is 1.29 bits per heavy atom. The predicted octanol–water partition coefficient (Wildman–Crippen LogP) is 2.98. The first-order valence-corrected chi connectivity index (χ1v) is 8.06. The lowest BCUT2D eigenvalue weighted by Crippen LogP contribution is -2.48. The maximum Gasteiger partial charge on any atom is 0.179 e. The first-order chi connectivity index (χ1) is 10.1. The van der Waals surface area contributed by atoms with Crippen molar-refractivity contribution >= 4 is 11.6 Å². The van der Waals surface area contributed by atoms with Crippen LogP contribution in [0, 0.1) is 0 Å². The summed E-state index contributed by atoms with van der Waals surface area (Å²) in [4.78, 5) is 2.45. The Labute approximate surface area is 131 Å². The highest BCUT2D eigenvalue weighted by Gasteiger charge is 2.33. The summed E-state index contributed by atoms with van der Waals surface area (Å²) >= 11 is 6.38. The number of piperidine rings is 1. The van der Waals surface area contributed by atoms with Crippen molar-refractivity contribution in [2.75, 3.05) is 19.8 Å². The quantitative estimate of drug-likeness (QED) is 0.912. The smallest absolute Gasteiger partial charge is 0.179 e. The second-order valence-corrected chi connectivity index (χ2v) is 6.52. The SMILES string of the molecule is CC(C)N1CCCC(N)C1c1cc(Cl)c2c(c1)OCCO2. The minimum atomic E-state index is 0.125. The third-order valence-corrected chi connectivity index (χ3v) is 4.62. The molecule has 2 aliphatic heterocycles. The van der Waals surface area contributed by atoms with Gasteiger partial charge in [0.05, 0.1) is 11.1 Å². The molecule has 1 aromatic rings. The van der Waals surface area contributed by atoms with E-state index in [1.165, 1.54) is 0 Å². The van der Waals surface area contributed by atoms with E-state index in [1.54, 1.807) is 0 Å². The van der Waals surface area contributed by atoms with Gasteiger partial charge in [-0.2, -0.15) is 0 Å². The number of rotatable bonds is 2. The molecular formula is C16H23ClN2O2. The molecule has 0 aliphatic carbocycles. The van der Waals surface area contributed by atoms with Crippen molar-refractivity contribution in [3.63, 3.8) is 0 Å². The van der Waals surface area contributed by atoms with Gasteiger partial charge in [0, 0.05) is 12.1 Å². The fourth-order valence-electron chi connectivity index (χ4n) is 3.37. The van der Waals surface area contributed by atoms with E-state index in [2.05, 4.69) is 18.7 Å². The topological polar surface area (TPSA) is 47.7 Å². The molecule has 2 aliphatic rings. The van der Waals surface area contributed by atoms with Gasteiger partial charge in [-0.05, 0) is 50.9 Å². The molecule has 0 saturated carbocycles. The summed E-state index contributed by atoms with van der Waals surface area (Å²) in [6.07, 6.45) is 2.19. The van der Waals surface area contributed by atoms with Crippen LogP contribution in [-0.4, -0.2) is 36.7 Å². The van der Waals surface area contributed by atoms with Gasteiger partial charge in [-0.15, -0.1) is 0 Å². The Hall–Kier alpha value is -0.970. The fourth-order valence-corrected chi connectivity index (χ4v) is 3.65. The normalized spacial score (nSPS) is 26.1. The van der Waals surface area contributed by atoms with Gasteiger partial charge < -0.3 is 15.2 Å². The summed E-state index contributed by atoms with van der Waals surface area (Å²) in [5.74, 6) is 1.40. The lowest BCUT2D eigenvalue weighted by molar-refractivity contribution is 0.0940. The highest BCUT2D eigenvalue weighted by atomic mass is 35.5. The maximum atomic E-state index is 6.41. The molecule has 5 heteroatoms. The fraction of sp³-hybridized carbons (Fsp3) is 0.625. The third kappa shape index (κ3) is 2.85. The molecule has 2 unspecified atom stereocenters. The minimum absolute atomic E-state index is 0.125. The summed E-state index contributed by atoms with van der Waals surface area (Å²) < 4.78 is 11.3. The third-order valence-electron chi connectivity index (χ3n) is 4.34. The van der Waals surface area contributed by atoms with Crippen molar-refractivity contribution in [3.8, 4) is 11.5 Å². The number of nitrogens with zero attached hydrogens (tertiary/aromatic N) is 1. The van der Waals surface area contributed by atoms with Crippen LogP contribution in [-0.2, 0) is 0 Å². The van der Waals surface area contributed by atoms with E-state index in [4.69, 9.17) is 26.8 Å². The Morgan fingerprint density at radius 3 is 2.81 bits per heavy atom. The highest BCUT2D eigenvalue weighted by Crippen LogP contribution is 2.42. The molecule has 3 rings (SSSR count). The number of hydrogen-bond donors (Lipinski definition) is 1. The van der Waals surface area contributed by atoms with Crippen LogP contribution in [0.1, 0.15) is 38.3 Å². The number of ether oxygens (including phenoxy) is 2. The number of nitrogens with two attached hydrogens (primary N) is 1. The average Bonchev–Trinajstić information content (AvgIpc) is 2.46. The van der Waals surface area contributed by atoms with Gasteiger partial charge >= 0.3 is 0 Å². The van der Waals surface area contributed by atoms with Crippen molar-refractivity contribution in [2.45, 2.75) is 44.8 Å². The van der Waals surface area contributed by atoms with Crippen molar-refractivity contribution in [2.24, 2.45) is 5.73 Å². The van der Waals surface area contributed by atoms with E-state index in [9.17, 15) is 0 Å².